The Morgan fingerprint density at radius 2 is 1.06 bits per heavy atom. The van der Waals surface area contributed by atoms with Gasteiger partial charge in [-0.3, -0.25) is 14.1 Å². The summed E-state index contributed by atoms with van der Waals surface area (Å²) >= 11 is 0. The van der Waals surface area contributed by atoms with E-state index in [1.165, 1.54) is 0 Å². The topological polar surface area (TPSA) is 199 Å². The first kappa shape index (κ1) is 35.4. The average molecular weight is 485 g/mol. The lowest BCUT2D eigenvalue weighted by molar-refractivity contribution is -0.164. The Balaban J connectivity index is -0.00000420. The summed E-state index contributed by atoms with van der Waals surface area (Å²) in [6.07, 6.45) is 5.77. The molecule has 0 amide bonds. The molecular weight excluding hydrogens is 436 g/mol. The molecule has 0 rings (SSSR count). The zero-order valence-electron chi connectivity index (χ0n) is 20.8. The highest BCUT2D eigenvalue weighted by atomic mass is 32.2. The fourth-order valence-electron chi connectivity index (χ4n) is 4.96. The van der Waals surface area contributed by atoms with E-state index in [0.717, 1.165) is 25.7 Å². The third-order valence-electron chi connectivity index (χ3n) is 7.28. The van der Waals surface area contributed by atoms with Crippen LogP contribution >= 0.6 is 0 Å². The minimum Gasteiger partial charge on any atom is -0.481 e. The first-order valence-electron chi connectivity index (χ1n) is 11.3. The summed E-state index contributed by atoms with van der Waals surface area (Å²) in [6.45, 7) is 11.4. The van der Waals surface area contributed by atoms with E-state index in [0.29, 0.717) is 37.5 Å². The van der Waals surface area contributed by atoms with Gasteiger partial charge >= 0.3 is 11.9 Å². The van der Waals surface area contributed by atoms with E-state index in [4.69, 9.17) is 0 Å². The first-order valence-corrected chi connectivity index (χ1v) is 12.8. The SMILES string of the molecule is CCC(CC)CCC(C)C(C(=O)O)(C(C)CCC(CC)CC)C(C(=O)O)S(=O)(=O)O.N.N. The van der Waals surface area contributed by atoms with Crippen LogP contribution in [0.2, 0.25) is 0 Å². The average Bonchev–Trinajstić information content (AvgIpc) is 2.65. The van der Waals surface area contributed by atoms with Crippen LogP contribution in [0.15, 0.2) is 0 Å². The molecule has 0 heterocycles. The van der Waals surface area contributed by atoms with Crippen molar-refractivity contribution in [2.45, 2.75) is 98.2 Å². The standard InChI is InChI=1S/C22H42O7S.2H3N/c1-7-17(8-2)13-11-15(5)22(21(25)26,19(20(23)24)30(27,28)29)16(6)12-14-18(9-3)10-4;;/h15-19H,7-14H2,1-6H3,(H,23,24)(H,25,26)(H,27,28,29);2*1H3. The summed E-state index contributed by atoms with van der Waals surface area (Å²) in [6, 6.07) is 0. The van der Waals surface area contributed by atoms with Gasteiger partial charge in [0.25, 0.3) is 10.1 Å². The molecule has 3 unspecified atom stereocenters. The summed E-state index contributed by atoms with van der Waals surface area (Å²) in [5, 5.41) is 17.6. The van der Waals surface area contributed by atoms with Crippen molar-refractivity contribution < 1.29 is 32.8 Å². The second-order valence-electron chi connectivity index (χ2n) is 8.79. The molecule has 3 atom stereocenters. The zero-order chi connectivity index (χ0) is 23.7. The molecule has 9 N–H and O–H groups in total. The predicted octanol–water partition coefficient (Wildman–Crippen LogP) is 5.43. The number of aliphatic carboxylic acids is 2. The molecule has 0 aromatic rings. The van der Waals surface area contributed by atoms with E-state index in [2.05, 4.69) is 0 Å². The molecule has 0 aliphatic carbocycles. The zero-order valence-corrected chi connectivity index (χ0v) is 21.7. The normalized spacial score (nSPS) is 16.4. The van der Waals surface area contributed by atoms with Crippen LogP contribution < -0.4 is 12.3 Å². The first-order chi connectivity index (χ1) is 13.8. The Labute approximate surface area is 194 Å². The van der Waals surface area contributed by atoms with Crippen LogP contribution in [0.25, 0.3) is 0 Å². The van der Waals surface area contributed by atoms with Gasteiger partial charge in [-0.25, -0.2) is 0 Å². The Kier molecular flexibility index (Phi) is 17.2. The summed E-state index contributed by atoms with van der Waals surface area (Å²) in [4.78, 5) is 24.6. The maximum atomic E-state index is 12.6. The Morgan fingerprint density at radius 3 is 1.25 bits per heavy atom. The van der Waals surface area contributed by atoms with E-state index in [-0.39, 0.29) is 12.3 Å². The number of hydrogen-bond donors (Lipinski definition) is 5. The minimum atomic E-state index is -5.14. The summed E-state index contributed by atoms with van der Waals surface area (Å²) in [5.74, 6) is -4.06. The molecule has 0 saturated carbocycles. The second-order valence-corrected chi connectivity index (χ2v) is 10.3. The maximum absolute atomic E-state index is 12.6. The van der Waals surface area contributed by atoms with Crippen LogP contribution in [-0.2, 0) is 19.7 Å². The highest BCUT2D eigenvalue weighted by molar-refractivity contribution is 7.87. The van der Waals surface area contributed by atoms with Gasteiger partial charge in [0.05, 0.1) is 0 Å². The third kappa shape index (κ3) is 8.61. The van der Waals surface area contributed by atoms with Gasteiger partial charge in [-0.1, -0.05) is 80.1 Å². The Hall–Kier alpha value is -1.23. The van der Waals surface area contributed by atoms with E-state index < -0.39 is 44.6 Å². The van der Waals surface area contributed by atoms with E-state index in [9.17, 15) is 32.8 Å². The Bertz CT molecular complexity index is 625. The molecule has 0 spiro atoms. The lowest BCUT2D eigenvalue weighted by Crippen LogP contribution is -2.58. The van der Waals surface area contributed by atoms with Gasteiger partial charge in [-0.15, -0.1) is 0 Å². The van der Waals surface area contributed by atoms with Crippen molar-refractivity contribution in [1.82, 2.24) is 12.3 Å². The number of carboxylic acids is 2. The molecule has 0 saturated heterocycles. The smallest absolute Gasteiger partial charge is 0.325 e. The van der Waals surface area contributed by atoms with Crippen molar-refractivity contribution in [3.05, 3.63) is 0 Å². The highest BCUT2D eigenvalue weighted by Crippen LogP contribution is 2.47. The van der Waals surface area contributed by atoms with E-state index in [1.54, 1.807) is 13.8 Å². The molecule has 0 aromatic heterocycles. The number of carboxylic acid groups (broad SMARTS) is 2. The molecule has 194 valence electrons. The summed E-state index contributed by atoms with van der Waals surface area (Å²) in [7, 11) is -5.14. The van der Waals surface area contributed by atoms with Crippen molar-refractivity contribution in [1.29, 1.82) is 0 Å². The fraction of sp³-hybridized carbons (Fsp3) is 0.909. The molecule has 0 fully saturated rings. The molecule has 10 heteroatoms. The molecular formula is C22H48N2O7S. The molecule has 9 nitrogen and oxygen atoms in total. The molecule has 0 radical (unpaired) electrons. The Morgan fingerprint density at radius 1 is 0.750 bits per heavy atom. The van der Waals surface area contributed by atoms with Crippen molar-refractivity contribution >= 4 is 22.1 Å². The maximum Gasteiger partial charge on any atom is 0.325 e. The van der Waals surface area contributed by atoms with Gasteiger partial charge in [0.1, 0.15) is 5.41 Å². The van der Waals surface area contributed by atoms with Crippen LogP contribution in [0, 0.1) is 29.1 Å². The number of rotatable bonds is 16. The van der Waals surface area contributed by atoms with Crippen LogP contribution in [0.1, 0.15) is 92.9 Å². The van der Waals surface area contributed by atoms with Crippen LogP contribution in [0.5, 0.6) is 0 Å². The van der Waals surface area contributed by atoms with E-state index in [1.807, 2.05) is 27.7 Å². The monoisotopic (exact) mass is 484 g/mol. The predicted molar refractivity (Wildman–Crippen MR) is 128 cm³/mol. The van der Waals surface area contributed by atoms with Crippen molar-refractivity contribution in [2.24, 2.45) is 29.1 Å². The largest absolute Gasteiger partial charge is 0.481 e. The third-order valence-corrected chi connectivity index (χ3v) is 8.47. The van der Waals surface area contributed by atoms with Crippen molar-refractivity contribution in [2.75, 3.05) is 0 Å². The van der Waals surface area contributed by atoms with Gasteiger partial charge < -0.3 is 22.5 Å². The lowest BCUT2D eigenvalue weighted by atomic mass is 9.62. The second kappa shape index (κ2) is 15.6. The number of carbonyl (C=O) groups is 2. The summed E-state index contributed by atoms with van der Waals surface area (Å²) in [5.41, 5.74) is -2.11. The number of hydrogen-bond acceptors (Lipinski definition) is 6. The van der Waals surface area contributed by atoms with Gasteiger partial charge in [-0.05, 0) is 36.5 Å². The fourth-order valence-corrected chi connectivity index (χ4v) is 6.27. The van der Waals surface area contributed by atoms with Gasteiger partial charge in [-0.2, -0.15) is 8.42 Å². The van der Waals surface area contributed by atoms with Crippen molar-refractivity contribution in [3.8, 4) is 0 Å². The molecule has 32 heavy (non-hydrogen) atoms. The minimum absolute atomic E-state index is 0. The van der Waals surface area contributed by atoms with Gasteiger partial charge in [0, 0.05) is 0 Å². The highest BCUT2D eigenvalue weighted by Gasteiger charge is 2.61. The lowest BCUT2D eigenvalue weighted by Gasteiger charge is -2.43. The molecule has 0 bridgehead atoms. The molecule has 0 aromatic carbocycles. The van der Waals surface area contributed by atoms with Gasteiger partial charge in [0.2, 0.25) is 0 Å². The molecule has 0 aliphatic rings. The van der Waals surface area contributed by atoms with Crippen LogP contribution in [0.4, 0.5) is 0 Å². The summed E-state index contributed by atoms with van der Waals surface area (Å²) < 4.78 is 34.1. The quantitative estimate of drug-likeness (QED) is 0.177. The van der Waals surface area contributed by atoms with Crippen LogP contribution in [-0.4, -0.2) is 40.4 Å². The van der Waals surface area contributed by atoms with Gasteiger partial charge in [0.15, 0.2) is 5.25 Å². The molecule has 0 aliphatic heterocycles. The van der Waals surface area contributed by atoms with E-state index >= 15 is 0 Å². The van der Waals surface area contributed by atoms with Crippen LogP contribution in [0.3, 0.4) is 0 Å². The van der Waals surface area contributed by atoms with Crippen molar-refractivity contribution in [3.63, 3.8) is 0 Å².